The van der Waals surface area contributed by atoms with Crippen LogP contribution in [0, 0.1) is 35.4 Å². The van der Waals surface area contributed by atoms with E-state index in [4.69, 9.17) is 9.47 Å². The van der Waals surface area contributed by atoms with Crippen LogP contribution in [0.5, 0.6) is 0 Å². The maximum absolute atomic E-state index is 13.6. The fourth-order valence-electron chi connectivity index (χ4n) is 6.64. The van der Waals surface area contributed by atoms with Gasteiger partial charge in [-0.25, -0.2) is 9.18 Å². The van der Waals surface area contributed by atoms with Gasteiger partial charge in [0.1, 0.15) is 11.9 Å². The molecule has 1 aliphatic heterocycles. The molecule has 5 rings (SSSR count). The van der Waals surface area contributed by atoms with Gasteiger partial charge in [-0.2, -0.15) is 0 Å². The van der Waals surface area contributed by atoms with Gasteiger partial charge in [0.25, 0.3) is 0 Å². The normalized spacial score (nSPS) is 31.4. The van der Waals surface area contributed by atoms with Crippen LogP contribution in [-0.2, 0) is 14.3 Å². The van der Waals surface area contributed by atoms with Gasteiger partial charge in [0, 0.05) is 23.7 Å². The Morgan fingerprint density at radius 2 is 2.08 bits per heavy atom. The fraction of sp³-hybridized carbons (Fsp3) is 0.483. The number of alkyl carbamates (subject to hydrolysis) is 1. The van der Waals surface area contributed by atoms with Gasteiger partial charge in [-0.3, -0.25) is 9.78 Å². The zero-order valence-corrected chi connectivity index (χ0v) is 20.7. The number of cyclic esters (lactones) is 1. The molecule has 1 amide bonds. The molecule has 2 heterocycles. The molecule has 190 valence electrons. The summed E-state index contributed by atoms with van der Waals surface area (Å²) in [6.07, 6.45) is 9.07. The lowest BCUT2D eigenvalue weighted by atomic mass is 9.57. The minimum atomic E-state index is -0.368. The van der Waals surface area contributed by atoms with Crippen LogP contribution in [-0.4, -0.2) is 35.8 Å². The number of benzene rings is 1. The minimum absolute atomic E-state index is 0.0679. The van der Waals surface area contributed by atoms with Gasteiger partial charge < -0.3 is 14.8 Å². The first-order chi connectivity index (χ1) is 17.4. The van der Waals surface area contributed by atoms with E-state index in [-0.39, 0.29) is 47.8 Å². The second-order valence-electron chi connectivity index (χ2n) is 10.3. The van der Waals surface area contributed by atoms with E-state index in [0.717, 1.165) is 42.5 Å². The van der Waals surface area contributed by atoms with Crippen molar-refractivity contribution >= 4 is 18.1 Å². The van der Waals surface area contributed by atoms with Crippen molar-refractivity contribution in [1.82, 2.24) is 10.3 Å². The molecule has 1 aromatic carbocycles. The molecule has 0 radical (unpaired) electrons. The summed E-state index contributed by atoms with van der Waals surface area (Å²) >= 11 is 0. The summed E-state index contributed by atoms with van der Waals surface area (Å²) in [6, 6.07) is 10.4. The first-order valence-corrected chi connectivity index (χ1v) is 13.0. The highest BCUT2D eigenvalue weighted by atomic mass is 19.1. The third-order valence-corrected chi connectivity index (χ3v) is 8.18. The molecule has 36 heavy (non-hydrogen) atoms. The van der Waals surface area contributed by atoms with Crippen LogP contribution in [0.25, 0.3) is 17.2 Å². The minimum Gasteiger partial charge on any atom is -0.462 e. The number of rotatable bonds is 5. The van der Waals surface area contributed by atoms with Crippen LogP contribution < -0.4 is 5.32 Å². The molecule has 1 aromatic heterocycles. The van der Waals surface area contributed by atoms with Gasteiger partial charge in [-0.15, -0.1) is 0 Å². The number of amides is 1. The number of fused-ring (bicyclic) bond motifs is 2. The van der Waals surface area contributed by atoms with Crippen LogP contribution in [0.1, 0.15) is 45.2 Å². The number of pyridine rings is 1. The third-order valence-electron chi connectivity index (χ3n) is 8.18. The highest BCUT2D eigenvalue weighted by Gasteiger charge is 2.54. The molecule has 0 unspecified atom stereocenters. The summed E-state index contributed by atoms with van der Waals surface area (Å²) in [5.74, 6) is 0.629. The number of hydrogen-bond acceptors (Lipinski definition) is 5. The first kappa shape index (κ1) is 24.5. The number of carbonyl (C=O) groups excluding carboxylic acids is 2. The Balaban J connectivity index is 1.34. The number of esters is 1. The number of hydrogen-bond donors (Lipinski definition) is 1. The molecule has 7 atom stereocenters. The Morgan fingerprint density at radius 3 is 2.83 bits per heavy atom. The van der Waals surface area contributed by atoms with E-state index in [2.05, 4.69) is 16.4 Å². The van der Waals surface area contributed by atoms with Crippen LogP contribution in [0.4, 0.5) is 9.18 Å². The van der Waals surface area contributed by atoms with Crippen molar-refractivity contribution in [2.45, 2.75) is 51.7 Å². The van der Waals surface area contributed by atoms with E-state index >= 15 is 0 Å². The standard InChI is InChI=1S/C29H33FN2O4/c1-3-35-29(34)32-23-10-11-24-20(14-23)15-26-27(17(2)36-28(26)33)25(24)12-9-22-8-7-19(16-31-22)18-5-4-6-21(30)13-18/h4-9,12-13,16-17,20,23-27H,3,10-11,14-15H2,1-2H3,(H,32,34)/t17-,20+,23+,24+,25-,26-,27-/m0/s1. The van der Waals surface area contributed by atoms with Crippen LogP contribution in [0.2, 0.25) is 0 Å². The number of allylic oxidation sites excluding steroid dienone is 1. The lowest BCUT2D eigenvalue weighted by Crippen LogP contribution is -2.48. The Labute approximate surface area is 211 Å². The monoisotopic (exact) mass is 492 g/mol. The molecule has 6 nitrogen and oxygen atoms in total. The molecule has 0 spiro atoms. The van der Waals surface area contributed by atoms with Crippen LogP contribution in [0.3, 0.4) is 0 Å². The van der Waals surface area contributed by atoms with Crippen molar-refractivity contribution in [2.75, 3.05) is 6.61 Å². The lowest BCUT2D eigenvalue weighted by molar-refractivity contribution is -0.144. The number of aromatic nitrogens is 1. The molecule has 3 fully saturated rings. The highest BCUT2D eigenvalue weighted by molar-refractivity contribution is 5.75. The Morgan fingerprint density at radius 1 is 1.22 bits per heavy atom. The van der Waals surface area contributed by atoms with Crippen molar-refractivity contribution < 1.29 is 23.5 Å². The van der Waals surface area contributed by atoms with Gasteiger partial charge in [-0.1, -0.05) is 24.3 Å². The van der Waals surface area contributed by atoms with Crippen molar-refractivity contribution in [2.24, 2.45) is 29.6 Å². The predicted octanol–water partition coefficient (Wildman–Crippen LogP) is 5.63. The zero-order chi connectivity index (χ0) is 25.2. The highest BCUT2D eigenvalue weighted by Crippen LogP contribution is 2.53. The third kappa shape index (κ3) is 5.01. The Kier molecular flexibility index (Phi) is 7.08. The molecule has 3 aliphatic rings. The smallest absolute Gasteiger partial charge is 0.407 e. The van der Waals surface area contributed by atoms with E-state index in [1.807, 2.05) is 31.2 Å². The molecule has 1 saturated heterocycles. The van der Waals surface area contributed by atoms with Gasteiger partial charge in [0.05, 0.1) is 18.2 Å². The number of nitrogens with zero attached hydrogens (tertiary/aromatic N) is 1. The summed E-state index contributed by atoms with van der Waals surface area (Å²) in [5.41, 5.74) is 2.48. The Hall–Kier alpha value is -3.22. The maximum Gasteiger partial charge on any atom is 0.407 e. The molecule has 2 saturated carbocycles. The van der Waals surface area contributed by atoms with Gasteiger partial charge in [0.15, 0.2) is 0 Å². The lowest BCUT2D eigenvalue weighted by Gasteiger charge is -2.47. The fourth-order valence-corrected chi connectivity index (χ4v) is 6.64. The largest absolute Gasteiger partial charge is 0.462 e. The maximum atomic E-state index is 13.6. The topological polar surface area (TPSA) is 77.5 Å². The predicted molar refractivity (Wildman–Crippen MR) is 134 cm³/mol. The molecule has 2 aliphatic carbocycles. The quantitative estimate of drug-likeness (QED) is 0.548. The summed E-state index contributed by atoms with van der Waals surface area (Å²) < 4.78 is 24.3. The van der Waals surface area contributed by atoms with E-state index < -0.39 is 0 Å². The summed E-state index contributed by atoms with van der Waals surface area (Å²) in [4.78, 5) is 29.2. The average Bonchev–Trinajstić information content (AvgIpc) is 3.15. The average molecular weight is 493 g/mol. The van der Waals surface area contributed by atoms with Gasteiger partial charge in [-0.05, 0) is 87.1 Å². The summed E-state index contributed by atoms with van der Waals surface area (Å²) in [7, 11) is 0. The molecule has 1 N–H and O–H groups in total. The molecular weight excluding hydrogens is 459 g/mol. The van der Waals surface area contributed by atoms with Crippen LogP contribution in [0.15, 0.2) is 48.7 Å². The number of carbonyl (C=O) groups is 2. The van der Waals surface area contributed by atoms with E-state index in [0.29, 0.717) is 18.4 Å². The number of halogens is 1. The first-order valence-electron chi connectivity index (χ1n) is 13.0. The Bertz CT molecular complexity index is 1130. The molecule has 2 aromatic rings. The number of ether oxygens (including phenoxy) is 2. The van der Waals surface area contributed by atoms with Crippen molar-refractivity contribution in [1.29, 1.82) is 0 Å². The van der Waals surface area contributed by atoms with Gasteiger partial charge >= 0.3 is 12.1 Å². The molecule has 7 heteroatoms. The zero-order valence-electron chi connectivity index (χ0n) is 20.7. The van der Waals surface area contributed by atoms with E-state index in [9.17, 15) is 14.0 Å². The molecule has 0 bridgehead atoms. The van der Waals surface area contributed by atoms with Crippen LogP contribution >= 0.6 is 0 Å². The molecular formula is C29H33FN2O4. The van der Waals surface area contributed by atoms with Crippen molar-refractivity contribution in [3.63, 3.8) is 0 Å². The summed E-state index contributed by atoms with van der Waals surface area (Å²) in [5, 5.41) is 3.00. The van der Waals surface area contributed by atoms with Crippen molar-refractivity contribution in [3.8, 4) is 11.1 Å². The summed E-state index contributed by atoms with van der Waals surface area (Å²) in [6.45, 7) is 4.15. The second kappa shape index (κ2) is 10.4. The number of nitrogens with one attached hydrogen (secondary N) is 1. The second-order valence-corrected chi connectivity index (χ2v) is 10.3. The van der Waals surface area contributed by atoms with E-state index in [1.165, 1.54) is 12.1 Å². The van der Waals surface area contributed by atoms with Gasteiger partial charge in [0.2, 0.25) is 0 Å². The SMILES string of the molecule is CCOC(=O)N[C@@H]1CC[C@@H]2[C@H](C1)C[C@@H]1C(=O)O[C@@H](C)[C@H]1[C@H]2C=Cc1ccc(-c2cccc(F)c2)cn1. The van der Waals surface area contributed by atoms with Crippen molar-refractivity contribution in [3.05, 3.63) is 60.2 Å². The van der Waals surface area contributed by atoms with E-state index in [1.54, 1.807) is 19.2 Å².